The average Bonchev–Trinajstić information content (AvgIpc) is 2.28. The Morgan fingerprint density at radius 1 is 1.35 bits per heavy atom. The second-order valence-corrected chi connectivity index (χ2v) is 3.83. The molecule has 0 bridgehead atoms. The van der Waals surface area contributed by atoms with Crippen molar-refractivity contribution in [2.75, 3.05) is 27.2 Å². The summed E-state index contributed by atoms with van der Waals surface area (Å²) in [6.45, 7) is 1.26. The average molecular weight is 236 g/mol. The van der Waals surface area contributed by atoms with E-state index in [1.807, 2.05) is 19.0 Å². The van der Waals surface area contributed by atoms with Crippen LogP contribution in [0.2, 0.25) is 0 Å². The minimum absolute atomic E-state index is 0.0882. The highest BCUT2D eigenvalue weighted by atomic mass is 16.2. The lowest BCUT2D eigenvalue weighted by Gasteiger charge is -2.10. The molecule has 0 spiro atoms. The van der Waals surface area contributed by atoms with E-state index in [9.17, 15) is 9.59 Å². The van der Waals surface area contributed by atoms with Crippen molar-refractivity contribution in [3.8, 4) is 0 Å². The van der Waals surface area contributed by atoms with Gasteiger partial charge in [-0.1, -0.05) is 6.07 Å². The molecule has 1 aromatic heterocycles. The zero-order chi connectivity index (χ0) is 12.8. The quantitative estimate of drug-likeness (QED) is 0.719. The third kappa shape index (κ3) is 4.20. The zero-order valence-corrected chi connectivity index (χ0v) is 9.93. The first kappa shape index (κ1) is 13.1. The van der Waals surface area contributed by atoms with Gasteiger partial charge in [-0.3, -0.25) is 9.59 Å². The first-order chi connectivity index (χ1) is 8.00. The Hall–Kier alpha value is -1.95. The summed E-state index contributed by atoms with van der Waals surface area (Å²) in [5.74, 6) is -0.956. The number of aromatic nitrogens is 1. The summed E-state index contributed by atoms with van der Waals surface area (Å²) in [5.41, 5.74) is 5.37. The molecule has 0 fully saturated rings. The molecule has 0 unspecified atom stereocenters. The monoisotopic (exact) mass is 236 g/mol. The van der Waals surface area contributed by atoms with Gasteiger partial charge in [-0.25, -0.2) is 4.98 Å². The number of carbonyl (C=O) groups is 2. The van der Waals surface area contributed by atoms with Gasteiger partial charge in [-0.15, -0.1) is 0 Å². The fourth-order valence-corrected chi connectivity index (χ4v) is 1.18. The highest BCUT2D eigenvalue weighted by molar-refractivity contribution is 5.95. The van der Waals surface area contributed by atoms with Crippen LogP contribution in [0.15, 0.2) is 18.2 Å². The van der Waals surface area contributed by atoms with E-state index >= 15 is 0 Å². The van der Waals surface area contributed by atoms with Crippen LogP contribution >= 0.6 is 0 Å². The molecule has 0 aliphatic carbocycles. The molecule has 0 atom stereocenters. The maximum atomic E-state index is 11.7. The highest BCUT2D eigenvalue weighted by Crippen LogP contribution is 1.98. The van der Waals surface area contributed by atoms with Crippen molar-refractivity contribution >= 4 is 11.8 Å². The topological polar surface area (TPSA) is 88.3 Å². The Kier molecular flexibility index (Phi) is 4.59. The van der Waals surface area contributed by atoms with E-state index in [2.05, 4.69) is 10.3 Å². The molecule has 0 aliphatic rings. The number of pyridine rings is 1. The molecule has 0 radical (unpaired) electrons. The van der Waals surface area contributed by atoms with Gasteiger partial charge >= 0.3 is 0 Å². The minimum atomic E-state index is -0.645. The van der Waals surface area contributed by atoms with Crippen LogP contribution in [-0.4, -0.2) is 48.9 Å². The molecule has 6 nitrogen and oxygen atoms in total. The first-order valence-electron chi connectivity index (χ1n) is 5.20. The minimum Gasteiger partial charge on any atom is -0.364 e. The smallest absolute Gasteiger partial charge is 0.269 e. The lowest BCUT2D eigenvalue weighted by molar-refractivity contribution is 0.0946. The summed E-state index contributed by atoms with van der Waals surface area (Å²) < 4.78 is 0. The Bertz CT molecular complexity index is 418. The van der Waals surface area contributed by atoms with E-state index in [4.69, 9.17) is 5.73 Å². The van der Waals surface area contributed by atoms with Crippen LogP contribution < -0.4 is 11.1 Å². The number of nitrogens with one attached hydrogen (secondary N) is 1. The number of amides is 2. The van der Waals surface area contributed by atoms with Crippen LogP contribution in [0.3, 0.4) is 0 Å². The molecule has 1 rings (SSSR count). The third-order valence-electron chi connectivity index (χ3n) is 2.08. The number of rotatable bonds is 5. The van der Waals surface area contributed by atoms with E-state index in [1.54, 1.807) is 6.07 Å². The fraction of sp³-hybridized carbons (Fsp3) is 0.364. The highest BCUT2D eigenvalue weighted by Gasteiger charge is 2.09. The number of carbonyl (C=O) groups excluding carboxylic acids is 2. The lowest BCUT2D eigenvalue weighted by atomic mass is 10.3. The van der Waals surface area contributed by atoms with Crippen molar-refractivity contribution in [3.63, 3.8) is 0 Å². The normalized spacial score (nSPS) is 10.3. The standard InChI is InChI=1S/C11H16N4O2/c1-15(2)7-6-13-11(17)9-5-3-4-8(14-9)10(12)16/h3-5H,6-7H2,1-2H3,(H2,12,16)(H,13,17). The molecule has 3 N–H and O–H groups in total. The molecular formula is C11H16N4O2. The van der Waals surface area contributed by atoms with Crippen LogP contribution in [0.25, 0.3) is 0 Å². The zero-order valence-electron chi connectivity index (χ0n) is 9.93. The van der Waals surface area contributed by atoms with E-state index < -0.39 is 5.91 Å². The Morgan fingerprint density at radius 3 is 2.59 bits per heavy atom. The number of likely N-dealkylation sites (N-methyl/N-ethyl adjacent to an activating group) is 1. The van der Waals surface area contributed by atoms with Crippen LogP contribution in [0, 0.1) is 0 Å². The van der Waals surface area contributed by atoms with Gasteiger partial charge in [0.05, 0.1) is 0 Å². The number of nitrogens with two attached hydrogens (primary N) is 1. The summed E-state index contributed by atoms with van der Waals surface area (Å²) >= 11 is 0. The lowest BCUT2D eigenvalue weighted by Crippen LogP contribution is -2.32. The summed E-state index contributed by atoms with van der Waals surface area (Å²) in [6.07, 6.45) is 0. The van der Waals surface area contributed by atoms with Crippen LogP contribution in [0.4, 0.5) is 0 Å². The SMILES string of the molecule is CN(C)CCNC(=O)c1cccc(C(N)=O)n1. The summed E-state index contributed by atoms with van der Waals surface area (Å²) in [5, 5.41) is 2.70. The number of hydrogen-bond acceptors (Lipinski definition) is 4. The van der Waals surface area contributed by atoms with Gasteiger partial charge in [0.2, 0.25) is 0 Å². The van der Waals surface area contributed by atoms with E-state index in [-0.39, 0.29) is 17.3 Å². The van der Waals surface area contributed by atoms with Gasteiger partial charge < -0.3 is 16.0 Å². The van der Waals surface area contributed by atoms with E-state index in [1.165, 1.54) is 12.1 Å². The molecule has 2 amide bonds. The van der Waals surface area contributed by atoms with Gasteiger partial charge in [0.15, 0.2) is 0 Å². The van der Waals surface area contributed by atoms with Crippen molar-refractivity contribution in [3.05, 3.63) is 29.6 Å². The molecule has 0 aromatic carbocycles. The van der Waals surface area contributed by atoms with Crippen LogP contribution in [-0.2, 0) is 0 Å². The predicted molar refractivity (Wildman–Crippen MR) is 63.6 cm³/mol. The maximum Gasteiger partial charge on any atom is 0.269 e. The number of hydrogen-bond donors (Lipinski definition) is 2. The summed E-state index contributed by atoms with van der Waals surface area (Å²) in [7, 11) is 3.83. The molecule has 1 heterocycles. The van der Waals surface area contributed by atoms with Crippen molar-refractivity contribution in [1.82, 2.24) is 15.2 Å². The largest absolute Gasteiger partial charge is 0.364 e. The second-order valence-electron chi connectivity index (χ2n) is 3.83. The Morgan fingerprint density at radius 2 is 2.00 bits per heavy atom. The summed E-state index contributed by atoms with van der Waals surface area (Å²) in [4.78, 5) is 28.4. The van der Waals surface area contributed by atoms with Crippen molar-refractivity contribution in [2.45, 2.75) is 0 Å². The van der Waals surface area contributed by atoms with E-state index in [0.29, 0.717) is 6.54 Å². The van der Waals surface area contributed by atoms with Crippen molar-refractivity contribution < 1.29 is 9.59 Å². The molecule has 17 heavy (non-hydrogen) atoms. The molecule has 92 valence electrons. The van der Waals surface area contributed by atoms with Crippen LogP contribution in [0.5, 0.6) is 0 Å². The number of nitrogens with zero attached hydrogens (tertiary/aromatic N) is 2. The van der Waals surface area contributed by atoms with Crippen molar-refractivity contribution in [2.24, 2.45) is 5.73 Å². The third-order valence-corrected chi connectivity index (χ3v) is 2.08. The van der Waals surface area contributed by atoms with Gasteiger partial charge in [0, 0.05) is 13.1 Å². The van der Waals surface area contributed by atoms with Gasteiger partial charge in [0.25, 0.3) is 11.8 Å². The van der Waals surface area contributed by atoms with Crippen LogP contribution in [0.1, 0.15) is 21.0 Å². The molecule has 1 aromatic rings. The predicted octanol–water partition coefficient (Wildman–Crippen LogP) is -0.528. The second kappa shape index (κ2) is 5.95. The first-order valence-corrected chi connectivity index (χ1v) is 5.20. The molecule has 0 saturated heterocycles. The Balaban J connectivity index is 2.63. The van der Waals surface area contributed by atoms with Gasteiger partial charge in [-0.05, 0) is 26.2 Å². The fourth-order valence-electron chi connectivity index (χ4n) is 1.18. The Labute approximate surface area is 99.8 Å². The van der Waals surface area contributed by atoms with Crippen molar-refractivity contribution in [1.29, 1.82) is 0 Å². The number of primary amides is 1. The molecule has 6 heteroatoms. The summed E-state index contributed by atoms with van der Waals surface area (Å²) in [6, 6.07) is 4.59. The van der Waals surface area contributed by atoms with E-state index in [0.717, 1.165) is 6.54 Å². The van der Waals surface area contributed by atoms with Gasteiger partial charge in [0.1, 0.15) is 11.4 Å². The molecule has 0 saturated carbocycles. The van der Waals surface area contributed by atoms with Gasteiger partial charge in [-0.2, -0.15) is 0 Å². The molecule has 0 aliphatic heterocycles. The maximum absolute atomic E-state index is 11.7. The molecular weight excluding hydrogens is 220 g/mol.